The minimum atomic E-state index is 0.469. The number of aromatic nitrogens is 2. The summed E-state index contributed by atoms with van der Waals surface area (Å²) in [5.41, 5.74) is 8.96. The van der Waals surface area contributed by atoms with E-state index >= 15 is 0 Å². The topological polar surface area (TPSA) is 46.6 Å². The van der Waals surface area contributed by atoms with Gasteiger partial charge < -0.3 is 15.0 Å². The zero-order chi connectivity index (χ0) is 11.0. The summed E-state index contributed by atoms with van der Waals surface area (Å²) in [4.78, 5) is 6.51. The summed E-state index contributed by atoms with van der Waals surface area (Å²) in [6, 6.07) is 4.19. The highest BCUT2D eigenvalue weighted by atomic mass is 15.1. The monoisotopic (exact) mass is 204 g/mol. The highest BCUT2D eigenvalue weighted by Gasteiger charge is 2.07. The number of nitrogens with two attached hydrogens (primary N) is 1. The summed E-state index contributed by atoms with van der Waals surface area (Å²) in [5.74, 6) is 0.910. The molecular weight excluding hydrogens is 188 g/mol. The van der Waals surface area contributed by atoms with Crippen LogP contribution in [0.25, 0.3) is 5.52 Å². The highest BCUT2D eigenvalue weighted by molar-refractivity contribution is 5.62. The summed E-state index contributed by atoms with van der Waals surface area (Å²) in [5, 5.41) is 0. The van der Waals surface area contributed by atoms with Crippen molar-refractivity contribution in [2.24, 2.45) is 5.73 Å². The van der Waals surface area contributed by atoms with E-state index in [0.29, 0.717) is 6.54 Å². The number of hydrogen-bond acceptors (Lipinski definition) is 3. The Balaban J connectivity index is 2.66. The van der Waals surface area contributed by atoms with E-state index in [-0.39, 0.29) is 0 Å². The maximum atomic E-state index is 5.63. The Morgan fingerprint density at radius 2 is 2.20 bits per heavy atom. The van der Waals surface area contributed by atoms with Gasteiger partial charge in [-0.05, 0) is 19.1 Å². The predicted octanol–water partition coefficient (Wildman–Crippen LogP) is 1.17. The molecule has 15 heavy (non-hydrogen) atoms. The van der Waals surface area contributed by atoms with E-state index < -0.39 is 0 Å². The van der Waals surface area contributed by atoms with Crippen molar-refractivity contribution in [3.8, 4) is 0 Å². The van der Waals surface area contributed by atoms with Gasteiger partial charge in [-0.15, -0.1) is 0 Å². The van der Waals surface area contributed by atoms with Crippen LogP contribution < -0.4 is 10.6 Å². The fraction of sp³-hybridized carbons (Fsp3) is 0.364. The zero-order valence-corrected chi connectivity index (χ0v) is 9.36. The predicted molar refractivity (Wildman–Crippen MR) is 62.1 cm³/mol. The van der Waals surface area contributed by atoms with Crippen molar-refractivity contribution in [1.82, 2.24) is 9.38 Å². The average molecular weight is 204 g/mol. The van der Waals surface area contributed by atoms with Gasteiger partial charge in [-0.1, -0.05) is 0 Å². The lowest BCUT2D eigenvalue weighted by atomic mass is 10.3. The summed E-state index contributed by atoms with van der Waals surface area (Å²) < 4.78 is 2.04. The number of nitrogens with zero attached hydrogens (tertiary/aromatic N) is 3. The number of rotatable bonds is 2. The van der Waals surface area contributed by atoms with Gasteiger partial charge in [0.25, 0.3) is 0 Å². The lowest BCUT2D eigenvalue weighted by molar-refractivity contribution is 0.899. The molecule has 0 aliphatic heterocycles. The standard InChI is InChI=1S/C11H16N4/c1-8-10-6-9(14(2)3)4-5-15(10)11(7-12)13-8/h4-6H,7,12H2,1-3H3. The normalized spacial score (nSPS) is 10.9. The van der Waals surface area contributed by atoms with Crippen molar-refractivity contribution < 1.29 is 0 Å². The first kappa shape index (κ1) is 9.98. The van der Waals surface area contributed by atoms with Gasteiger partial charge in [0, 0.05) is 26.0 Å². The number of aryl methyl sites for hydroxylation is 1. The molecular formula is C11H16N4. The SMILES string of the molecule is Cc1nc(CN)n2ccc(N(C)C)cc12. The minimum absolute atomic E-state index is 0.469. The largest absolute Gasteiger partial charge is 0.378 e. The van der Waals surface area contributed by atoms with Crippen LogP contribution >= 0.6 is 0 Å². The van der Waals surface area contributed by atoms with Gasteiger partial charge in [0.05, 0.1) is 17.8 Å². The number of imidazole rings is 1. The van der Waals surface area contributed by atoms with Gasteiger partial charge in [0.2, 0.25) is 0 Å². The molecule has 0 saturated heterocycles. The third-order valence-electron chi connectivity index (χ3n) is 2.58. The number of hydrogen-bond donors (Lipinski definition) is 1. The van der Waals surface area contributed by atoms with E-state index in [0.717, 1.165) is 17.0 Å². The fourth-order valence-electron chi connectivity index (χ4n) is 1.72. The molecule has 0 atom stereocenters. The van der Waals surface area contributed by atoms with Crippen molar-refractivity contribution in [1.29, 1.82) is 0 Å². The second kappa shape index (κ2) is 3.55. The van der Waals surface area contributed by atoms with E-state index in [4.69, 9.17) is 5.73 Å². The highest BCUT2D eigenvalue weighted by Crippen LogP contribution is 2.18. The molecule has 0 fully saturated rings. The van der Waals surface area contributed by atoms with E-state index in [1.807, 2.05) is 31.6 Å². The van der Waals surface area contributed by atoms with Crippen LogP contribution in [0.15, 0.2) is 18.3 Å². The first-order chi connectivity index (χ1) is 7.13. The average Bonchev–Trinajstić information content (AvgIpc) is 2.55. The van der Waals surface area contributed by atoms with Gasteiger partial charge in [-0.2, -0.15) is 0 Å². The quantitative estimate of drug-likeness (QED) is 0.798. The van der Waals surface area contributed by atoms with E-state index in [1.54, 1.807) is 0 Å². The van der Waals surface area contributed by atoms with Crippen LogP contribution in [0.1, 0.15) is 11.5 Å². The third-order valence-corrected chi connectivity index (χ3v) is 2.58. The van der Waals surface area contributed by atoms with Crippen molar-refractivity contribution in [2.45, 2.75) is 13.5 Å². The fourth-order valence-corrected chi connectivity index (χ4v) is 1.72. The van der Waals surface area contributed by atoms with Crippen LogP contribution in [-0.4, -0.2) is 23.5 Å². The molecule has 0 aromatic carbocycles. The van der Waals surface area contributed by atoms with Crippen LogP contribution in [0.4, 0.5) is 5.69 Å². The Kier molecular flexibility index (Phi) is 2.36. The molecule has 0 bridgehead atoms. The molecule has 2 aromatic heterocycles. The minimum Gasteiger partial charge on any atom is -0.378 e. The van der Waals surface area contributed by atoms with Gasteiger partial charge in [-0.25, -0.2) is 4.98 Å². The Morgan fingerprint density at radius 3 is 2.80 bits per heavy atom. The second-order valence-electron chi connectivity index (χ2n) is 3.85. The number of pyridine rings is 1. The van der Waals surface area contributed by atoms with Crippen molar-refractivity contribution in [3.63, 3.8) is 0 Å². The maximum Gasteiger partial charge on any atom is 0.127 e. The lowest BCUT2D eigenvalue weighted by Gasteiger charge is -2.12. The van der Waals surface area contributed by atoms with Gasteiger partial charge >= 0.3 is 0 Å². The molecule has 0 amide bonds. The van der Waals surface area contributed by atoms with Crippen LogP contribution in [0, 0.1) is 6.92 Å². The smallest absolute Gasteiger partial charge is 0.127 e. The lowest BCUT2D eigenvalue weighted by Crippen LogP contribution is -2.09. The molecule has 4 nitrogen and oxygen atoms in total. The molecule has 2 aromatic rings. The van der Waals surface area contributed by atoms with Crippen molar-refractivity contribution in [3.05, 3.63) is 29.8 Å². The summed E-state index contributed by atoms with van der Waals surface area (Å²) in [6.07, 6.45) is 2.02. The first-order valence-electron chi connectivity index (χ1n) is 4.98. The molecule has 0 spiro atoms. The number of anilines is 1. The summed E-state index contributed by atoms with van der Waals surface area (Å²) >= 11 is 0. The summed E-state index contributed by atoms with van der Waals surface area (Å²) in [7, 11) is 4.06. The molecule has 2 heterocycles. The van der Waals surface area contributed by atoms with E-state index in [9.17, 15) is 0 Å². The van der Waals surface area contributed by atoms with Gasteiger partial charge in [0.15, 0.2) is 0 Å². The third kappa shape index (κ3) is 1.57. The second-order valence-corrected chi connectivity index (χ2v) is 3.85. The maximum absolute atomic E-state index is 5.63. The van der Waals surface area contributed by atoms with Crippen LogP contribution in [0.5, 0.6) is 0 Å². The molecule has 0 radical (unpaired) electrons. The molecule has 0 aliphatic rings. The van der Waals surface area contributed by atoms with E-state index in [2.05, 4.69) is 22.0 Å². The van der Waals surface area contributed by atoms with Crippen LogP contribution in [-0.2, 0) is 6.54 Å². The van der Waals surface area contributed by atoms with Gasteiger partial charge in [-0.3, -0.25) is 0 Å². The van der Waals surface area contributed by atoms with Gasteiger partial charge in [0.1, 0.15) is 5.82 Å². The van der Waals surface area contributed by atoms with Crippen LogP contribution in [0.2, 0.25) is 0 Å². The molecule has 0 saturated carbocycles. The van der Waals surface area contributed by atoms with Crippen LogP contribution in [0.3, 0.4) is 0 Å². The molecule has 2 N–H and O–H groups in total. The zero-order valence-electron chi connectivity index (χ0n) is 9.36. The molecule has 2 rings (SSSR count). The molecule has 0 unspecified atom stereocenters. The van der Waals surface area contributed by atoms with E-state index in [1.165, 1.54) is 5.69 Å². The molecule has 0 aliphatic carbocycles. The Hall–Kier alpha value is -1.55. The Bertz CT molecular complexity index is 485. The van der Waals surface area contributed by atoms with Crippen molar-refractivity contribution in [2.75, 3.05) is 19.0 Å². The summed E-state index contributed by atoms with van der Waals surface area (Å²) in [6.45, 7) is 2.48. The van der Waals surface area contributed by atoms with Crippen molar-refractivity contribution >= 4 is 11.2 Å². The number of fused-ring (bicyclic) bond motifs is 1. The molecule has 80 valence electrons. The Morgan fingerprint density at radius 1 is 1.47 bits per heavy atom. The Labute approximate surface area is 89.3 Å². The first-order valence-corrected chi connectivity index (χ1v) is 4.98. The molecule has 4 heteroatoms.